The topological polar surface area (TPSA) is 63.5 Å². The van der Waals surface area contributed by atoms with Crippen molar-refractivity contribution in [1.82, 2.24) is 0 Å². The van der Waals surface area contributed by atoms with E-state index in [0.717, 1.165) is 0 Å². The Bertz CT molecular complexity index is 763. The van der Waals surface area contributed by atoms with Crippen molar-refractivity contribution in [3.05, 3.63) is 46.6 Å². The first kappa shape index (κ1) is 10.6. The molecule has 1 heterocycles. The molecule has 0 atom stereocenters. The van der Waals surface area contributed by atoms with Gasteiger partial charge in [-0.3, -0.25) is 9.63 Å². The van der Waals surface area contributed by atoms with Crippen molar-refractivity contribution in [2.45, 2.75) is 0 Å². The Balaban J connectivity index is 2.52. The average molecular weight is 244 g/mol. The van der Waals surface area contributed by atoms with Crippen molar-refractivity contribution in [3.63, 3.8) is 0 Å². The number of aromatic hydroxyl groups is 1. The van der Waals surface area contributed by atoms with Gasteiger partial charge in [-0.25, -0.2) is 0 Å². The maximum Gasteiger partial charge on any atom is 0.300 e. The summed E-state index contributed by atoms with van der Waals surface area (Å²) in [5.74, 6) is 0.494. The zero-order valence-electron chi connectivity index (χ0n) is 9.58. The highest BCUT2D eigenvalue weighted by molar-refractivity contribution is 5.73. The van der Waals surface area contributed by atoms with Crippen LogP contribution in [0.4, 0.5) is 0 Å². The molecule has 0 fully saturated rings. The molecule has 3 rings (SSSR count). The molecule has 5 heteroatoms. The molecule has 0 unspecified atom stereocenters. The van der Waals surface area contributed by atoms with Crippen LogP contribution in [0.3, 0.4) is 0 Å². The lowest BCUT2D eigenvalue weighted by molar-refractivity contribution is -0.857. The Morgan fingerprint density at radius 2 is 2.06 bits per heavy atom. The Labute approximate surface area is 102 Å². The minimum absolute atomic E-state index is 0.0894. The molecule has 1 aliphatic carbocycles. The van der Waals surface area contributed by atoms with Gasteiger partial charge >= 0.3 is 11.2 Å². The van der Waals surface area contributed by atoms with E-state index in [0.29, 0.717) is 22.6 Å². The van der Waals surface area contributed by atoms with E-state index in [1.165, 1.54) is 25.3 Å². The summed E-state index contributed by atoms with van der Waals surface area (Å²) >= 11 is 0. The normalized spacial score (nSPS) is 10.9. The van der Waals surface area contributed by atoms with Gasteiger partial charge in [0.05, 0.1) is 0 Å². The quantitative estimate of drug-likeness (QED) is 0.511. The van der Waals surface area contributed by atoms with E-state index < -0.39 is 0 Å². The van der Waals surface area contributed by atoms with Crippen molar-refractivity contribution in [1.29, 1.82) is 0 Å². The van der Waals surface area contributed by atoms with E-state index in [9.17, 15) is 9.90 Å². The molecule has 1 aromatic rings. The van der Waals surface area contributed by atoms with Gasteiger partial charge in [0.2, 0.25) is 11.3 Å². The largest absolute Gasteiger partial charge is 0.508 e. The molecule has 0 saturated heterocycles. The molecule has 2 aliphatic rings. The third-order valence-electron chi connectivity index (χ3n) is 2.71. The van der Waals surface area contributed by atoms with Gasteiger partial charge in [-0.1, -0.05) is 0 Å². The van der Waals surface area contributed by atoms with E-state index in [1.54, 1.807) is 22.9 Å². The summed E-state index contributed by atoms with van der Waals surface area (Å²) in [6.07, 6.45) is 0. The molecular weight excluding hydrogens is 234 g/mol. The standard InChI is InChI=1S/C13H9NO4/c1-17-14-10-4-2-8(15)6-12(10)18-13-7-9(16)3-5-11(13)14/h2-7H,1H3/p+1. The van der Waals surface area contributed by atoms with Crippen molar-refractivity contribution in [3.8, 4) is 17.2 Å². The van der Waals surface area contributed by atoms with Crippen LogP contribution in [0.2, 0.25) is 0 Å². The van der Waals surface area contributed by atoms with Crippen LogP contribution in [-0.2, 0) is 0 Å². The van der Waals surface area contributed by atoms with Crippen molar-refractivity contribution in [2.24, 2.45) is 0 Å². The van der Waals surface area contributed by atoms with Crippen LogP contribution in [0.25, 0.3) is 22.6 Å². The average Bonchev–Trinajstić information content (AvgIpc) is 2.35. The molecule has 1 aromatic carbocycles. The van der Waals surface area contributed by atoms with Crippen molar-refractivity contribution >= 4 is 11.1 Å². The number of rotatable bonds is 1. The van der Waals surface area contributed by atoms with Crippen LogP contribution in [0.5, 0.6) is 5.75 Å². The molecule has 0 spiro atoms. The highest BCUT2D eigenvalue weighted by Gasteiger charge is 2.24. The lowest BCUT2D eigenvalue weighted by atomic mass is 10.2. The summed E-state index contributed by atoms with van der Waals surface area (Å²) in [6, 6.07) is 9.16. The summed E-state index contributed by atoms with van der Waals surface area (Å²) < 4.78 is 7.14. The Morgan fingerprint density at radius 3 is 2.83 bits per heavy atom. The molecule has 0 amide bonds. The summed E-state index contributed by atoms with van der Waals surface area (Å²) in [6.45, 7) is 0. The van der Waals surface area contributed by atoms with Gasteiger partial charge < -0.3 is 9.52 Å². The van der Waals surface area contributed by atoms with Crippen LogP contribution in [0, 0.1) is 0 Å². The van der Waals surface area contributed by atoms with Gasteiger partial charge in [0.15, 0.2) is 5.43 Å². The molecule has 0 radical (unpaired) electrons. The molecule has 18 heavy (non-hydrogen) atoms. The number of fused-ring (bicyclic) bond motifs is 2. The SMILES string of the molecule is CO[n+]1c2ccc(=O)cc-2oc2cc(O)ccc21. The summed E-state index contributed by atoms with van der Waals surface area (Å²) in [5.41, 5.74) is 1.61. The fraction of sp³-hybridized carbons (Fsp3) is 0.0769. The number of hydrogen-bond acceptors (Lipinski definition) is 4. The monoisotopic (exact) mass is 244 g/mol. The van der Waals surface area contributed by atoms with Crippen LogP contribution < -0.4 is 15.0 Å². The second-order valence-electron chi connectivity index (χ2n) is 3.86. The molecule has 5 nitrogen and oxygen atoms in total. The molecule has 1 N–H and O–H groups in total. The van der Waals surface area contributed by atoms with Gasteiger partial charge in [-0.2, -0.15) is 0 Å². The fourth-order valence-electron chi connectivity index (χ4n) is 1.94. The molecule has 90 valence electrons. The Kier molecular flexibility index (Phi) is 2.19. The molecule has 1 aliphatic heterocycles. The third kappa shape index (κ3) is 1.48. The van der Waals surface area contributed by atoms with Gasteiger partial charge in [0, 0.05) is 29.0 Å². The summed E-state index contributed by atoms with van der Waals surface area (Å²) in [7, 11) is 1.52. The molecular formula is C13H10NO4+. The predicted molar refractivity (Wildman–Crippen MR) is 63.5 cm³/mol. The number of hydrogen-bond donors (Lipinski definition) is 1. The number of phenols is 1. The molecule has 0 aromatic heterocycles. The zero-order valence-corrected chi connectivity index (χ0v) is 9.58. The Morgan fingerprint density at radius 1 is 1.22 bits per heavy atom. The van der Waals surface area contributed by atoms with Crippen LogP contribution in [0.15, 0.2) is 45.6 Å². The van der Waals surface area contributed by atoms with Gasteiger partial charge in [-0.15, -0.1) is 0 Å². The third-order valence-corrected chi connectivity index (χ3v) is 2.71. The van der Waals surface area contributed by atoms with Crippen LogP contribution >= 0.6 is 0 Å². The first-order valence-corrected chi connectivity index (χ1v) is 5.35. The molecule has 0 bridgehead atoms. The van der Waals surface area contributed by atoms with Crippen molar-refractivity contribution in [2.75, 3.05) is 7.11 Å². The molecule has 0 saturated carbocycles. The predicted octanol–water partition coefficient (Wildman–Crippen LogP) is 0.949. The van der Waals surface area contributed by atoms with Crippen LogP contribution in [0.1, 0.15) is 0 Å². The lowest BCUT2D eigenvalue weighted by Gasteiger charge is -2.05. The van der Waals surface area contributed by atoms with E-state index in [-0.39, 0.29) is 11.2 Å². The second-order valence-corrected chi connectivity index (χ2v) is 3.86. The zero-order chi connectivity index (χ0) is 12.7. The fourth-order valence-corrected chi connectivity index (χ4v) is 1.94. The van der Waals surface area contributed by atoms with E-state index >= 15 is 0 Å². The summed E-state index contributed by atoms with van der Waals surface area (Å²) in [5, 5.41) is 9.45. The van der Waals surface area contributed by atoms with Crippen LogP contribution in [-0.4, -0.2) is 12.2 Å². The summed E-state index contributed by atoms with van der Waals surface area (Å²) in [4.78, 5) is 16.6. The smallest absolute Gasteiger partial charge is 0.300 e. The van der Waals surface area contributed by atoms with Gasteiger partial charge in [0.25, 0.3) is 0 Å². The number of aromatic nitrogens is 1. The minimum atomic E-state index is -0.145. The van der Waals surface area contributed by atoms with Crippen molar-refractivity contribution < 1.29 is 19.1 Å². The lowest BCUT2D eigenvalue weighted by Crippen LogP contribution is -2.43. The maximum absolute atomic E-state index is 11.3. The second kappa shape index (κ2) is 3.73. The highest BCUT2D eigenvalue weighted by Crippen LogP contribution is 2.24. The first-order valence-electron chi connectivity index (χ1n) is 5.35. The first-order chi connectivity index (χ1) is 8.69. The Hall–Kier alpha value is -2.56. The minimum Gasteiger partial charge on any atom is -0.508 e. The van der Waals surface area contributed by atoms with E-state index in [4.69, 9.17) is 9.25 Å². The number of phenolic OH excluding ortho intramolecular Hbond substituents is 1. The van der Waals surface area contributed by atoms with Gasteiger partial charge in [0.1, 0.15) is 12.9 Å². The maximum atomic E-state index is 11.3. The van der Waals surface area contributed by atoms with Gasteiger partial charge in [-0.05, 0) is 12.1 Å². The number of benzene rings is 2. The highest BCUT2D eigenvalue weighted by atomic mass is 16.6. The van der Waals surface area contributed by atoms with E-state index in [2.05, 4.69) is 0 Å². The van der Waals surface area contributed by atoms with E-state index in [1.807, 2.05) is 0 Å². The number of nitrogens with zero attached hydrogens (tertiary/aromatic N) is 1.